The van der Waals surface area contributed by atoms with Crippen LogP contribution in [-0.2, 0) is 31.0 Å². The first-order valence-corrected chi connectivity index (χ1v) is 20.0. The molecule has 0 fully saturated rings. The zero-order chi connectivity index (χ0) is 43.6. The molecule has 0 bridgehead atoms. The van der Waals surface area contributed by atoms with Gasteiger partial charge in [-0.3, -0.25) is 14.4 Å². The van der Waals surface area contributed by atoms with Gasteiger partial charge in [0.05, 0.1) is 6.54 Å². The molecule has 1 aliphatic carbocycles. The second-order valence-electron chi connectivity index (χ2n) is 15.8. The molecular weight excluding hydrogens is 774 g/mol. The van der Waals surface area contributed by atoms with Gasteiger partial charge >= 0.3 is 12.3 Å². The Morgan fingerprint density at radius 2 is 1.62 bits per heavy atom. The molecule has 0 saturated heterocycles. The van der Waals surface area contributed by atoms with Gasteiger partial charge in [0.25, 0.3) is 5.56 Å². The topological polar surface area (TPSA) is 143 Å². The van der Waals surface area contributed by atoms with Crippen LogP contribution < -0.4 is 41.6 Å². The predicted octanol–water partition coefficient (Wildman–Crippen LogP) is 5.15. The molecule has 11 nitrogen and oxygen atoms in total. The summed E-state index contributed by atoms with van der Waals surface area (Å²) in [6, 6.07) is 24.5. The van der Waals surface area contributed by atoms with Crippen molar-refractivity contribution in [3.8, 4) is 0 Å². The van der Waals surface area contributed by atoms with E-state index in [4.69, 9.17) is 9.59 Å². The third kappa shape index (κ3) is 11.5. The number of alkyl halides is 3. The van der Waals surface area contributed by atoms with Crippen LogP contribution in [-0.4, -0.2) is 75.9 Å². The summed E-state index contributed by atoms with van der Waals surface area (Å²) >= 11 is 0. The lowest BCUT2D eigenvalue weighted by atomic mass is 9.71. The zero-order valence-electron chi connectivity index (χ0n) is 34.6. The molecule has 2 aliphatic rings. The second-order valence-corrected chi connectivity index (χ2v) is 15.8. The molecular formula is C46H52F3N6O5+. The number of nitrogens with one attached hydrogen (secondary N) is 4. The quantitative estimate of drug-likeness (QED) is 0.0775. The zero-order valence-corrected chi connectivity index (χ0v) is 34.6. The minimum atomic E-state index is -4.00. The van der Waals surface area contributed by atoms with Gasteiger partial charge in [0.1, 0.15) is 13.1 Å². The number of nitrogens with zero attached hydrogens (tertiary/aromatic N) is 2. The molecule has 0 atom stereocenters. The number of anilines is 2. The fourth-order valence-corrected chi connectivity index (χ4v) is 7.85. The standard InChI is InChI=1S/C43H48N6O3.C2H3F3.CO2/c1-43(2)36-25-32(48(3)4)16-14-28(36)22-30-23-29-10-7-20-49(39(29)26-37(30)43)21-8-13-40(50)45-19-9-18-44-27-41(51)46-31-15-17-38-35(24-31)33-11-5-6-12-34(33)42(52)47-38;1-2(3,4)5;2-1-3/h5-6,11-12,14-17,22-26,44H,7-10,13,18-21,27H2,1-4H3,(H2-,45,46,47,50,51,52);1H3;/p+1. The lowest BCUT2D eigenvalue weighted by Crippen LogP contribution is -2.42. The number of H-pyrrole nitrogens is 1. The number of pyridine rings is 1. The molecule has 5 aromatic rings. The summed E-state index contributed by atoms with van der Waals surface area (Å²) < 4.78 is 33.5. The highest BCUT2D eigenvalue weighted by atomic mass is 19.4. The summed E-state index contributed by atoms with van der Waals surface area (Å²) in [5.41, 5.74) is 7.80. The maximum Gasteiger partial charge on any atom is 0.386 e. The van der Waals surface area contributed by atoms with Crippen molar-refractivity contribution in [3.05, 3.63) is 116 Å². The maximum absolute atomic E-state index is 12.7. The molecule has 0 unspecified atom stereocenters. The second kappa shape index (κ2) is 19.8. The van der Waals surface area contributed by atoms with E-state index < -0.39 is 6.18 Å². The minimum Gasteiger partial charge on any atom is -0.378 e. The van der Waals surface area contributed by atoms with Crippen LogP contribution in [0.3, 0.4) is 0 Å². The summed E-state index contributed by atoms with van der Waals surface area (Å²) in [4.78, 5) is 59.0. The normalized spacial score (nSPS) is 13.5. The van der Waals surface area contributed by atoms with Crippen LogP contribution >= 0.6 is 0 Å². The Bertz CT molecular complexity index is 2590. The van der Waals surface area contributed by atoms with E-state index in [1.807, 2.05) is 30.3 Å². The summed E-state index contributed by atoms with van der Waals surface area (Å²) in [5, 5.41) is 14.1. The molecule has 316 valence electrons. The number of hydrogen-bond donors (Lipinski definition) is 4. The number of fused-ring (bicyclic) bond motifs is 6. The van der Waals surface area contributed by atoms with E-state index in [1.165, 1.54) is 38.5 Å². The molecule has 1 aliphatic heterocycles. The Balaban J connectivity index is 0.000000785. The van der Waals surface area contributed by atoms with Crippen LogP contribution in [0.5, 0.6) is 0 Å². The number of amides is 2. The van der Waals surface area contributed by atoms with Crippen molar-refractivity contribution >= 4 is 57.1 Å². The van der Waals surface area contributed by atoms with E-state index in [1.54, 1.807) is 12.1 Å². The van der Waals surface area contributed by atoms with Crippen molar-refractivity contribution in [2.24, 2.45) is 0 Å². The average Bonchev–Trinajstić information content (AvgIpc) is 3.19. The molecule has 0 radical (unpaired) electrons. The van der Waals surface area contributed by atoms with Gasteiger partial charge in [0.15, 0.2) is 0 Å². The van der Waals surface area contributed by atoms with E-state index >= 15 is 0 Å². The molecule has 4 aromatic carbocycles. The molecule has 60 heavy (non-hydrogen) atoms. The number of benzene rings is 4. The Morgan fingerprint density at radius 3 is 2.33 bits per heavy atom. The van der Waals surface area contributed by atoms with Gasteiger partial charge in [0.2, 0.25) is 17.2 Å². The van der Waals surface area contributed by atoms with Crippen molar-refractivity contribution in [1.29, 1.82) is 0 Å². The van der Waals surface area contributed by atoms with E-state index in [9.17, 15) is 27.6 Å². The molecule has 2 heterocycles. The smallest absolute Gasteiger partial charge is 0.378 e. The molecule has 4 N–H and O–H groups in total. The van der Waals surface area contributed by atoms with Gasteiger partial charge < -0.3 is 25.8 Å². The first-order valence-electron chi connectivity index (χ1n) is 20.0. The van der Waals surface area contributed by atoms with Crippen LogP contribution in [0.2, 0.25) is 0 Å². The third-order valence-corrected chi connectivity index (χ3v) is 10.7. The summed E-state index contributed by atoms with van der Waals surface area (Å²) in [6.45, 7) is 8.06. The molecule has 2 amide bonds. The summed E-state index contributed by atoms with van der Waals surface area (Å²) in [5.74, 6) is -0.0866. The third-order valence-electron chi connectivity index (χ3n) is 10.7. The molecule has 14 heteroatoms. The fourth-order valence-electron chi connectivity index (χ4n) is 7.85. The maximum atomic E-state index is 12.7. The van der Waals surface area contributed by atoms with Crippen LogP contribution in [0.25, 0.3) is 27.8 Å². The average molecular weight is 826 g/mol. The Labute approximate surface area is 346 Å². The van der Waals surface area contributed by atoms with Gasteiger partial charge in [-0.15, -0.1) is 0 Å². The SMILES string of the molecule is CC(F)(F)F.CN(C)c1ccc2c(c1)C(C)(C)c1cc3c(cc1=C2)CCC[N+]=3CCCC(=O)NCCCNCC(=O)Nc1ccc2[nH]c(=O)c3ccccc3c2c1.O=C=O. The Kier molecular flexibility index (Phi) is 14.8. The number of aryl methyl sites for hydroxylation is 1. The minimum absolute atomic E-state index is 0.0645. The van der Waals surface area contributed by atoms with Crippen molar-refractivity contribution in [2.75, 3.05) is 57.0 Å². The van der Waals surface area contributed by atoms with E-state index in [2.05, 4.69) is 94.8 Å². The van der Waals surface area contributed by atoms with E-state index in [0.717, 1.165) is 55.1 Å². The molecule has 0 saturated carbocycles. The number of aromatic nitrogens is 1. The van der Waals surface area contributed by atoms with E-state index in [0.29, 0.717) is 30.6 Å². The molecule has 0 spiro atoms. The number of rotatable bonds is 12. The Hall–Kier alpha value is -6.11. The predicted molar refractivity (Wildman–Crippen MR) is 229 cm³/mol. The molecule has 7 rings (SSSR count). The highest BCUT2D eigenvalue weighted by Crippen LogP contribution is 2.37. The van der Waals surface area contributed by atoms with Gasteiger partial charge in [-0.25, -0.2) is 4.58 Å². The lowest BCUT2D eigenvalue weighted by molar-refractivity contribution is -0.191. The van der Waals surface area contributed by atoms with E-state index in [-0.39, 0.29) is 42.4 Å². The largest absolute Gasteiger partial charge is 0.386 e. The monoisotopic (exact) mass is 825 g/mol. The number of hydrogen-bond acceptors (Lipinski definition) is 7. The van der Waals surface area contributed by atoms with Gasteiger partial charge in [0, 0.05) is 91.5 Å². The van der Waals surface area contributed by atoms with Crippen LogP contribution in [0.15, 0.2) is 77.6 Å². The van der Waals surface area contributed by atoms with Crippen LogP contribution in [0, 0.1) is 0 Å². The highest BCUT2D eigenvalue weighted by Gasteiger charge is 2.32. The number of carbonyl (C=O) groups excluding carboxylic acids is 4. The summed E-state index contributed by atoms with van der Waals surface area (Å²) in [7, 11) is 4.18. The van der Waals surface area contributed by atoms with Gasteiger partial charge in [-0.1, -0.05) is 38.1 Å². The number of aromatic amines is 1. The van der Waals surface area contributed by atoms with Gasteiger partial charge in [-0.05, 0) is 95.2 Å². The van der Waals surface area contributed by atoms with Crippen LogP contribution in [0.4, 0.5) is 24.5 Å². The molecule has 1 aromatic heterocycles. The van der Waals surface area contributed by atoms with Crippen molar-refractivity contribution < 1.29 is 32.3 Å². The fraction of sp³-hybridized carbons (Fsp3) is 0.370. The van der Waals surface area contributed by atoms with Gasteiger partial charge in [-0.2, -0.15) is 22.8 Å². The Morgan fingerprint density at radius 1 is 0.900 bits per heavy atom. The summed E-state index contributed by atoms with van der Waals surface area (Å²) in [6.07, 6.45) is 2.82. The van der Waals surface area contributed by atoms with Crippen LogP contribution in [0.1, 0.15) is 68.7 Å². The first kappa shape index (κ1) is 45.0. The van der Waals surface area contributed by atoms with Crippen molar-refractivity contribution in [1.82, 2.24) is 20.2 Å². The lowest BCUT2D eigenvalue weighted by Gasteiger charge is -2.33. The number of carbonyl (C=O) groups is 2. The van der Waals surface area contributed by atoms with Crippen molar-refractivity contribution in [3.63, 3.8) is 0 Å². The van der Waals surface area contributed by atoms with Crippen molar-refractivity contribution in [2.45, 2.75) is 64.5 Å². The highest BCUT2D eigenvalue weighted by molar-refractivity contribution is 6.07. The number of halogens is 3. The first-order chi connectivity index (χ1) is 28.5.